The standard InChI is InChI=1S/C17H26N6.2C2HF3O2/c1-13-5-4-6-16(19-13)22-9-7-14(8-10-22)11-23-12-15(20-21-23)17(2,3)18;2*3-2(4,5)1(6)7/h4-6,12,14H,7-11,18H2,1-3H3;2*(H,6,7). The Bertz CT molecular complexity index is 1000. The van der Waals surface area contributed by atoms with Crippen molar-refractivity contribution in [1.29, 1.82) is 0 Å². The molecule has 0 amide bonds. The summed E-state index contributed by atoms with van der Waals surface area (Å²) in [4.78, 5) is 24.8. The molecule has 0 radical (unpaired) electrons. The SMILES string of the molecule is Cc1cccc(N2CCC(Cn3cc(C(C)(C)N)nn3)CC2)n1.O=C(O)C(F)(F)F.O=C(O)C(F)(F)F. The van der Waals surface area contributed by atoms with Gasteiger partial charge in [0.25, 0.3) is 0 Å². The third kappa shape index (κ3) is 11.4. The molecule has 0 atom stereocenters. The predicted octanol–water partition coefficient (Wildman–Crippen LogP) is 3.36. The number of aliphatic carboxylic acids is 2. The number of pyridine rings is 1. The number of nitrogens with two attached hydrogens (primary N) is 1. The van der Waals surface area contributed by atoms with Crippen LogP contribution in [-0.2, 0) is 21.7 Å². The lowest BCUT2D eigenvalue weighted by atomic mass is 9.96. The average molecular weight is 542 g/mol. The van der Waals surface area contributed by atoms with Crippen LogP contribution in [0, 0.1) is 12.8 Å². The molecule has 3 heterocycles. The molecule has 3 rings (SSSR count). The Morgan fingerprint density at radius 3 is 1.89 bits per heavy atom. The van der Waals surface area contributed by atoms with Crippen LogP contribution in [0.25, 0.3) is 0 Å². The summed E-state index contributed by atoms with van der Waals surface area (Å²) in [5.41, 5.74) is 7.56. The van der Waals surface area contributed by atoms with Gasteiger partial charge in [0.1, 0.15) is 11.5 Å². The fourth-order valence-electron chi connectivity index (χ4n) is 3.00. The first kappa shape index (κ1) is 31.6. The lowest BCUT2D eigenvalue weighted by Gasteiger charge is -2.32. The van der Waals surface area contributed by atoms with Crippen LogP contribution in [0.5, 0.6) is 0 Å². The Kier molecular flexibility index (Phi) is 10.8. The maximum Gasteiger partial charge on any atom is 0.490 e. The minimum atomic E-state index is -5.08. The zero-order chi connectivity index (χ0) is 28.6. The van der Waals surface area contributed by atoms with Gasteiger partial charge in [-0.25, -0.2) is 14.6 Å². The summed E-state index contributed by atoms with van der Waals surface area (Å²) < 4.78 is 65.4. The Hall–Kier alpha value is -3.43. The van der Waals surface area contributed by atoms with E-state index in [-0.39, 0.29) is 0 Å². The van der Waals surface area contributed by atoms with Crippen LogP contribution in [0.2, 0.25) is 0 Å². The largest absolute Gasteiger partial charge is 0.490 e. The van der Waals surface area contributed by atoms with Gasteiger partial charge >= 0.3 is 24.3 Å². The molecule has 2 aromatic heterocycles. The van der Waals surface area contributed by atoms with Crippen molar-refractivity contribution in [2.75, 3.05) is 18.0 Å². The Balaban J connectivity index is 0.000000404. The van der Waals surface area contributed by atoms with E-state index in [1.54, 1.807) is 0 Å². The zero-order valence-electron chi connectivity index (χ0n) is 20.2. The van der Waals surface area contributed by atoms with E-state index in [9.17, 15) is 26.3 Å². The molecular weight excluding hydrogens is 514 g/mol. The van der Waals surface area contributed by atoms with Crippen molar-refractivity contribution in [3.63, 3.8) is 0 Å². The number of aryl methyl sites for hydroxylation is 1. The smallest absolute Gasteiger partial charge is 0.475 e. The number of halogens is 6. The summed E-state index contributed by atoms with van der Waals surface area (Å²) in [6, 6.07) is 6.22. The number of rotatable bonds is 4. The summed E-state index contributed by atoms with van der Waals surface area (Å²) in [6.07, 6.45) is -5.89. The molecule has 1 aliphatic rings. The molecule has 37 heavy (non-hydrogen) atoms. The summed E-state index contributed by atoms with van der Waals surface area (Å²) >= 11 is 0. The molecule has 208 valence electrons. The maximum absolute atomic E-state index is 10.6. The van der Waals surface area contributed by atoms with Crippen LogP contribution in [-0.4, -0.2) is 67.6 Å². The van der Waals surface area contributed by atoms with Gasteiger partial charge in [-0.05, 0) is 51.7 Å². The number of carboxylic acid groups (broad SMARTS) is 2. The van der Waals surface area contributed by atoms with Gasteiger partial charge in [-0.1, -0.05) is 11.3 Å². The van der Waals surface area contributed by atoms with Crippen molar-refractivity contribution in [2.24, 2.45) is 11.7 Å². The molecule has 0 spiro atoms. The Labute approximate surface area is 208 Å². The number of hydrogen-bond acceptors (Lipinski definition) is 7. The topological polar surface area (TPSA) is 147 Å². The summed E-state index contributed by atoms with van der Waals surface area (Å²) in [5.74, 6) is -3.79. The second kappa shape index (κ2) is 12.7. The van der Waals surface area contributed by atoms with Crippen molar-refractivity contribution in [3.05, 3.63) is 35.8 Å². The monoisotopic (exact) mass is 542 g/mol. The number of nitrogens with zero attached hydrogens (tertiary/aromatic N) is 5. The number of alkyl halides is 6. The first-order chi connectivity index (χ1) is 16.8. The van der Waals surface area contributed by atoms with Gasteiger partial charge in [0, 0.05) is 25.3 Å². The molecule has 0 bridgehead atoms. The fourth-order valence-corrected chi connectivity index (χ4v) is 3.00. The van der Waals surface area contributed by atoms with Crippen molar-refractivity contribution in [2.45, 2.75) is 58.0 Å². The van der Waals surface area contributed by atoms with Crippen LogP contribution in [0.15, 0.2) is 24.4 Å². The number of hydrogen-bond donors (Lipinski definition) is 3. The van der Waals surface area contributed by atoms with Crippen molar-refractivity contribution < 1.29 is 46.1 Å². The van der Waals surface area contributed by atoms with Crippen molar-refractivity contribution in [3.8, 4) is 0 Å². The van der Waals surface area contributed by atoms with E-state index in [1.807, 2.05) is 37.7 Å². The third-order valence-electron chi connectivity index (χ3n) is 4.94. The highest BCUT2D eigenvalue weighted by Crippen LogP contribution is 2.23. The second-order valence-corrected chi connectivity index (χ2v) is 8.72. The second-order valence-electron chi connectivity index (χ2n) is 8.72. The highest BCUT2D eigenvalue weighted by Gasteiger charge is 2.38. The van der Waals surface area contributed by atoms with E-state index in [0.29, 0.717) is 5.92 Å². The molecule has 2 aromatic rings. The van der Waals surface area contributed by atoms with E-state index in [4.69, 9.17) is 25.5 Å². The van der Waals surface area contributed by atoms with E-state index in [0.717, 1.165) is 49.7 Å². The van der Waals surface area contributed by atoms with Crippen molar-refractivity contribution >= 4 is 17.8 Å². The summed E-state index contributed by atoms with van der Waals surface area (Å²) in [6.45, 7) is 8.95. The van der Waals surface area contributed by atoms with E-state index in [1.165, 1.54) is 0 Å². The molecule has 10 nitrogen and oxygen atoms in total. The van der Waals surface area contributed by atoms with Gasteiger partial charge in [-0.2, -0.15) is 26.3 Å². The molecule has 16 heteroatoms. The van der Waals surface area contributed by atoms with Crippen LogP contribution >= 0.6 is 0 Å². The average Bonchev–Trinajstić information content (AvgIpc) is 3.23. The van der Waals surface area contributed by atoms with Crippen LogP contribution < -0.4 is 10.6 Å². The molecule has 1 aliphatic heterocycles. The lowest BCUT2D eigenvalue weighted by molar-refractivity contribution is -0.193. The molecule has 4 N–H and O–H groups in total. The highest BCUT2D eigenvalue weighted by molar-refractivity contribution is 5.73. The number of carbonyl (C=O) groups is 2. The van der Waals surface area contributed by atoms with E-state index >= 15 is 0 Å². The molecule has 0 unspecified atom stereocenters. The van der Waals surface area contributed by atoms with E-state index in [2.05, 4.69) is 32.3 Å². The van der Waals surface area contributed by atoms with Gasteiger partial charge in [-0.3, -0.25) is 4.68 Å². The molecule has 0 aromatic carbocycles. The van der Waals surface area contributed by atoms with Gasteiger partial charge in [-0.15, -0.1) is 5.10 Å². The highest BCUT2D eigenvalue weighted by atomic mass is 19.4. The Morgan fingerprint density at radius 2 is 1.51 bits per heavy atom. The first-order valence-corrected chi connectivity index (χ1v) is 10.8. The number of piperidine rings is 1. The van der Waals surface area contributed by atoms with E-state index < -0.39 is 29.8 Å². The summed E-state index contributed by atoms with van der Waals surface area (Å²) in [5, 5.41) is 22.7. The summed E-state index contributed by atoms with van der Waals surface area (Å²) in [7, 11) is 0. The van der Waals surface area contributed by atoms with Gasteiger partial charge in [0.15, 0.2) is 0 Å². The van der Waals surface area contributed by atoms with Gasteiger partial charge in [0.05, 0.1) is 11.7 Å². The number of aromatic nitrogens is 4. The number of carboxylic acids is 2. The molecule has 0 saturated carbocycles. The van der Waals surface area contributed by atoms with Crippen molar-refractivity contribution in [1.82, 2.24) is 20.0 Å². The van der Waals surface area contributed by atoms with Crippen LogP contribution in [0.1, 0.15) is 38.1 Å². The minimum absolute atomic E-state index is 0.432. The zero-order valence-corrected chi connectivity index (χ0v) is 20.2. The van der Waals surface area contributed by atoms with Crippen LogP contribution in [0.4, 0.5) is 32.2 Å². The molecule has 0 aliphatic carbocycles. The third-order valence-corrected chi connectivity index (χ3v) is 4.94. The molecule has 1 fully saturated rings. The van der Waals surface area contributed by atoms with Gasteiger partial charge < -0.3 is 20.8 Å². The van der Waals surface area contributed by atoms with Crippen LogP contribution in [0.3, 0.4) is 0 Å². The first-order valence-electron chi connectivity index (χ1n) is 10.8. The minimum Gasteiger partial charge on any atom is -0.475 e. The normalized spacial score (nSPS) is 14.7. The fraction of sp³-hybridized carbons (Fsp3) is 0.571. The Morgan fingerprint density at radius 1 is 1.03 bits per heavy atom. The van der Waals surface area contributed by atoms with Gasteiger partial charge in [0.2, 0.25) is 0 Å². The predicted molar refractivity (Wildman–Crippen MR) is 119 cm³/mol. The number of anilines is 1. The quantitative estimate of drug-likeness (QED) is 0.495. The molecular formula is C21H28F6N6O4. The lowest BCUT2D eigenvalue weighted by Crippen LogP contribution is -2.35. The molecule has 1 saturated heterocycles. The maximum atomic E-state index is 10.6.